The van der Waals surface area contributed by atoms with Crippen LogP contribution < -0.4 is 0 Å². The Balaban J connectivity index is 2.45. The summed E-state index contributed by atoms with van der Waals surface area (Å²) in [7, 11) is 1.99. The normalized spacial score (nSPS) is 19.1. The van der Waals surface area contributed by atoms with Crippen molar-refractivity contribution in [2.24, 2.45) is 0 Å². The van der Waals surface area contributed by atoms with Crippen LogP contribution in [0.3, 0.4) is 0 Å². The molecule has 0 amide bonds. The molecule has 0 aliphatic carbocycles. The summed E-state index contributed by atoms with van der Waals surface area (Å²) in [6.45, 7) is 8.25. The molecule has 0 unspecified atom stereocenters. The molecule has 1 aliphatic heterocycles. The first-order chi connectivity index (χ1) is 7.42. The predicted octanol–water partition coefficient (Wildman–Crippen LogP) is 1.64. The largest absolute Gasteiger partial charge is 0.297 e. The van der Waals surface area contributed by atoms with Crippen LogP contribution in [-0.2, 0) is 4.79 Å². The molecule has 0 aromatic rings. The smallest absolute Gasteiger partial charge is 0.199 e. The van der Waals surface area contributed by atoms with E-state index in [1.54, 1.807) is 0 Å². The van der Waals surface area contributed by atoms with Crippen LogP contribution in [0.25, 0.3) is 0 Å². The number of nitrogens with zero attached hydrogens (tertiary/aromatic N) is 2. The molecule has 1 fully saturated rings. The molecule has 0 N–H and O–H groups in total. The van der Waals surface area contributed by atoms with Crippen LogP contribution in [0.2, 0.25) is 0 Å². The molecular formula is C12H24N2OS. The SMILES string of the molecule is CN(CC(=O)S)CC(C)(C)N1CCCCC1. The van der Waals surface area contributed by atoms with E-state index >= 15 is 0 Å². The fraction of sp³-hybridized carbons (Fsp3) is 0.917. The van der Waals surface area contributed by atoms with Crippen molar-refractivity contribution in [3.63, 3.8) is 0 Å². The molecule has 0 aromatic heterocycles. The van der Waals surface area contributed by atoms with Crippen molar-refractivity contribution in [2.45, 2.75) is 38.6 Å². The highest BCUT2D eigenvalue weighted by Crippen LogP contribution is 2.21. The quantitative estimate of drug-likeness (QED) is 0.744. The van der Waals surface area contributed by atoms with Crippen LogP contribution in [0.1, 0.15) is 33.1 Å². The van der Waals surface area contributed by atoms with Gasteiger partial charge < -0.3 is 0 Å². The molecule has 1 rings (SSSR count). The van der Waals surface area contributed by atoms with Crippen LogP contribution in [0, 0.1) is 0 Å². The molecule has 4 heteroatoms. The van der Waals surface area contributed by atoms with Gasteiger partial charge in [-0.05, 0) is 46.8 Å². The number of hydrogen-bond acceptors (Lipinski definition) is 3. The summed E-state index contributed by atoms with van der Waals surface area (Å²) < 4.78 is 0. The summed E-state index contributed by atoms with van der Waals surface area (Å²) in [5.74, 6) is 0. The molecule has 3 nitrogen and oxygen atoms in total. The summed E-state index contributed by atoms with van der Waals surface area (Å²) in [5.41, 5.74) is 0.151. The molecule has 1 saturated heterocycles. The van der Waals surface area contributed by atoms with E-state index in [-0.39, 0.29) is 10.7 Å². The maximum Gasteiger partial charge on any atom is 0.199 e. The van der Waals surface area contributed by atoms with Gasteiger partial charge in [0, 0.05) is 12.1 Å². The van der Waals surface area contributed by atoms with Crippen molar-refractivity contribution in [3.8, 4) is 0 Å². The van der Waals surface area contributed by atoms with Crippen LogP contribution >= 0.6 is 12.6 Å². The number of piperidine rings is 1. The zero-order valence-corrected chi connectivity index (χ0v) is 11.6. The van der Waals surface area contributed by atoms with Gasteiger partial charge in [0.05, 0.1) is 6.54 Å². The van der Waals surface area contributed by atoms with Gasteiger partial charge in [0.2, 0.25) is 0 Å². The lowest BCUT2D eigenvalue weighted by atomic mass is 9.98. The van der Waals surface area contributed by atoms with Gasteiger partial charge in [-0.15, -0.1) is 12.6 Å². The van der Waals surface area contributed by atoms with Crippen molar-refractivity contribution in [1.29, 1.82) is 0 Å². The molecular weight excluding hydrogens is 220 g/mol. The van der Waals surface area contributed by atoms with Gasteiger partial charge in [-0.3, -0.25) is 14.6 Å². The Morgan fingerprint density at radius 3 is 2.38 bits per heavy atom. The molecule has 1 aliphatic rings. The zero-order chi connectivity index (χ0) is 12.2. The number of likely N-dealkylation sites (tertiary alicyclic amines) is 1. The highest BCUT2D eigenvalue weighted by Gasteiger charge is 2.29. The van der Waals surface area contributed by atoms with Crippen LogP contribution in [0.15, 0.2) is 0 Å². The summed E-state index contributed by atoms with van der Waals surface area (Å²) in [6, 6.07) is 0. The zero-order valence-electron chi connectivity index (χ0n) is 10.7. The minimum absolute atomic E-state index is 0.0584. The molecule has 0 aromatic carbocycles. The van der Waals surface area contributed by atoms with Crippen molar-refractivity contribution in [1.82, 2.24) is 9.80 Å². The van der Waals surface area contributed by atoms with E-state index < -0.39 is 0 Å². The number of carbonyl (C=O) groups excluding carboxylic acids is 1. The minimum Gasteiger partial charge on any atom is -0.297 e. The van der Waals surface area contributed by atoms with E-state index in [2.05, 4.69) is 36.3 Å². The number of thiol groups is 1. The molecule has 1 heterocycles. The summed E-state index contributed by atoms with van der Waals surface area (Å²) in [5, 5.41) is -0.0584. The third-order valence-electron chi connectivity index (χ3n) is 3.27. The molecule has 94 valence electrons. The molecule has 0 bridgehead atoms. The second-order valence-corrected chi connectivity index (χ2v) is 5.92. The standard InChI is InChI=1S/C12H24N2OS/c1-12(2,10-13(3)9-11(15)16)14-7-5-4-6-8-14/h4-10H2,1-3H3,(H,15,16). The highest BCUT2D eigenvalue weighted by molar-refractivity contribution is 7.96. The van der Waals surface area contributed by atoms with Crippen molar-refractivity contribution in [3.05, 3.63) is 0 Å². The van der Waals surface area contributed by atoms with Gasteiger partial charge >= 0.3 is 0 Å². The van der Waals surface area contributed by atoms with Crippen LogP contribution in [-0.4, -0.2) is 53.7 Å². The lowest BCUT2D eigenvalue weighted by Crippen LogP contribution is -2.53. The second kappa shape index (κ2) is 6.03. The van der Waals surface area contributed by atoms with Crippen LogP contribution in [0.5, 0.6) is 0 Å². The summed E-state index contributed by atoms with van der Waals surface area (Å²) in [4.78, 5) is 15.5. The molecule has 0 atom stereocenters. The molecule has 0 radical (unpaired) electrons. The lowest BCUT2D eigenvalue weighted by molar-refractivity contribution is -0.111. The number of hydrogen-bond donors (Lipinski definition) is 1. The predicted molar refractivity (Wildman–Crippen MR) is 71.0 cm³/mol. The molecule has 16 heavy (non-hydrogen) atoms. The number of likely N-dealkylation sites (N-methyl/N-ethyl adjacent to an activating group) is 1. The summed E-state index contributed by atoms with van der Waals surface area (Å²) >= 11 is 3.82. The van der Waals surface area contributed by atoms with Gasteiger partial charge in [0.25, 0.3) is 0 Å². The first-order valence-corrected chi connectivity index (χ1v) is 6.52. The monoisotopic (exact) mass is 244 g/mol. The Morgan fingerprint density at radius 2 is 1.88 bits per heavy atom. The van der Waals surface area contributed by atoms with Gasteiger partial charge in [-0.2, -0.15) is 0 Å². The maximum atomic E-state index is 10.9. The highest BCUT2D eigenvalue weighted by atomic mass is 32.1. The minimum atomic E-state index is -0.0584. The van der Waals surface area contributed by atoms with Crippen molar-refractivity contribution < 1.29 is 4.79 Å². The Morgan fingerprint density at radius 1 is 1.31 bits per heavy atom. The molecule has 0 spiro atoms. The van der Waals surface area contributed by atoms with E-state index in [1.165, 1.54) is 32.4 Å². The van der Waals surface area contributed by atoms with E-state index in [1.807, 2.05) is 7.05 Å². The van der Waals surface area contributed by atoms with Crippen molar-refractivity contribution >= 4 is 17.7 Å². The average molecular weight is 244 g/mol. The van der Waals surface area contributed by atoms with Gasteiger partial charge in [0.15, 0.2) is 5.12 Å². The third-order valence-corrected chi connectivity index (χ3v) is 3.42. The lowest BCUT2D eigenvalue weighted by Gasteiger charge is -2.42. The van der Waals surface area contributed by atoms with Gasteiger partial charge in [-0.25, -0.2) is 0 Å². The van der Waals surface area contributed by atoms with E-state index in [0.29, 0.717) is 6.54 Å². The Kier molecular flexibility index (Phi) is 5.28. The van der Waals surface area contributed by atoms with E-state index in [4.69, 9.17) is 0 Å². The van der Waals surface area contributed by atoms with E-state index in [9.17, 15) is 4.79 Å². The number of rotatable bonds is 5. The molecule has 0 saturated carbocycles. The topological polar surface area (TPSA) is 23.6 Å². The Bertz CT molecular complexity index is 237. The second-order valence-electron chi connectivity index (χ2n) is 5.43. The van der Waals surface area contributed by atoms with Gasteiger partial charge in [-0.1, -0.05) is 6.42 Å². The fourth-order valence-electron chi connectivity index (χ4n) is 2.55. The number of carbonyl (C=O) groups is 1. The summed E-state index contributed by atoms with van der Waals surface area (Å²) in [6.07, 6.45) is 3.97. The van der Waals surface area contributed by atoms with Crippen molar-refractivity contribution in [2.75, 3.05) is 33.2 Å². The first-order valence-electron chi connectivity index (χ1n) is 6.07. The third kappa shape index (κ3) is 4.44. The fourth-order valence-corrected chi connectivity index (χ4v) is 2.79. The first kappa shape index (κ1) is 14.0. The van der Waals surface area contributed by atoms with E-state index in [0.717, 1.165) is 6.54 Å². The Hall–Kier alpha value is -0.0600. The average Bonchev–Trinajstić information content (AvgIpc) is 2.16. The van der Waals surface area contributed by atoms with Crippen LogP contribution in [0.4, 0.5) is 0 Å². The Labute approximate surface area is 105 Å². The van der Waals surface area contributed by atoms with Gasteiger partial charge in [0.1, 0.15) is 0 Å². The maximum absolute atomic E-state index is 10.9.